The van der Waals surface area contributed by atoms with E-state index in [2.05, 4.69) is 9.72 Å². The summed E-state index contributed by atoms with van der Waals surface area (Å²) in [4.78, 5) is 36.9. The first-order chi connectivity index (χ1) is 7.13. The molecule has 7 nitrogen and oxygen atoms in total. The van der Waals surface area contributed by atoms with Crippen LogP contribution in [0.5, 0.6) is 0 Å². The van der Waals surface area contributed by atoms with Crippen molar-refractivity contribution in [1.82, 2.24) is 9.97 Å². The summed E-state index contributed by atoms with van der Waals surface area (Å²) in [6.07, 6.45) is 0.305. The molecule has 1 aromatic rings. The van der Waals surface area contributed by atoms with Crippen LogP contribution in [0.4, 0.5) is 0 Å². The van der Waals surface area contributed by atoms with Gasteiger partial charge in [-0.3, -0.25) is 9.78 Å². The van der Waals surface area contributed by atoms with Crippen LogP contribution in [0.3, 0.4) is 0 Å². The second-order valence-corrected chi connectivity index (χ2v) is 2.71. The highest BCUT2D eigenvalue weighted by Gasteiger charge is 2.08. The first-order valence-electron chi connectivity index (χ1n) is 4.25. The SMILES string of the molecule is O=C(OCCCO)c1cc(=O)[nH]c(=O)[nH]1. The van der Waals surface area contributed by atoms with Gasteiger partial charge in [-0.25, -0.2) is 9.59 Å². The standard InChI is InChI=1S/C8H10N2O5/c11-2-1-3-15-7(13)5-4-6(12)10-8(14)9-5/h4,11H,1-3H2,(H2,9,10,12,14). The number of aromatic nitrogens is 2. The highest BCUT2D eigenvalue weighted by molar-refractivity contribution is 5.86. The molecule has 1 aromatic heterocycles. The number of aliphatic hydroxyl groups excluding tert-OH is 1. The molecule has 0 spiro atoms. The van der Waals surface area contributed by atoms with Gasteiger partial charge < -0.3 is 14.8 Å². The van der Waals surface area contributed by atoms with E-state index in [-0.39, 0.29) is 18.9 Å². The van der Waals surface area contributed by atoms with Crippen LogP contribution in [0.1, 0.15) is 16.9 Å². The van der Waals surface area contributed by atoms with Gasteiger partial charge in [0, 0.05) is 19.1 Å². The van der Waals surface area contributed by atoms with Crippen molar-refractivity contribution < 1.29 is 14.6 Å². The maximum atomic E-state index is 11.2. The van der Waals surface area contributed by atoms with Crippen molar-refractivity contribution in [2.24, 2.45) is 0 Å². The third-order valence-electron chi connectivity index (χ3n) is 1.52. The van der Waals surface area contributed by atoms with E-state index in [1.54, 1.807) is 0 Å². The average Bonchev–Trinajstić information content (AvgIpc) is 2.16. The molecule has 0 aliphatic rings. The molecule has 0 bridgehead atoms. The number of ether oxygens (including phenoxy) is 1. The predicted molar refractivity (Wildman–Crippen MR) is 49.7 cm³/mol. The lowest BCUT2D eigenvalue weighted by molar-refractivity contribution is 0.0474. The molecule has 7 heteroatoms. The predicted octanol–water partition coefficient (Wildman–Crippen LogP) is -1.40. The van der Waals surface area contributed by atoms with E-state index in [1.807, 2.05) is 4.98 Å². The molecular weight excluding hydrogens is 204 g/mol. The molecule has 0 aliphatic carbocycles. The summed E-state index contributed by atoms with van der Waals surface area (Å²) in [5.74, 6) is -0.799. The topological polar surface area (TPSA) is 112 Å². The van der Waals surface area contributed by atoms with Crippen molar-refractivity contribution in [1.29, 1.82) is 0 Å². The third-order valence-corrected chi connectivity index (χ3v) is 1.52. The van der Waals surface area contributed by atoms with Gasteiger partial charge in [-0.05, 0) is 0 Å². The summed E-state index contributed by atoms with van der Waals surface area (Å²) >= 11 is 0. The zero-order valence-corrected chi connectivity index (χ0v) is 7.78. The van der Waals surface area contributed by atoms with Crippen molar-refractivity contribution in [2.75, 3.05) is 13.2 Å². The summed E-state index contributed by atoms with van der Waals surface area (Å²) in [5.41, 5.74) is -1.65. The monoisotopic (exact) mass is 214 g/mol. The fourth-order valence-corrected chi connectivity index (χ4v) is 0.886. The van der Waals surface area contributed by atoms with Crippen LogP contribution in [-0.4, -0.2) is 34.3 Å². The minimum absolute atomic E-state index is 0.0319. The average molecular weight is 214 g/mol. The number of rotatable bonds is 4. The van der Waals surface area contributed by atoms with Gasteiger partial charge in [0.25, 0.3) is 5.56 Å². The van der Waals surface area contributed by atoms with Gasteiger partial charge in [-0.2, -0.15) is 0 Å². The van der Waals surface area contributed by atoms with Crippen molar-refractivity contribution >= 4 is 5.97 Å². The first-order valence-corrected chi connectivity index (χ1v) is 4.25. The van der Waals surface area contributed by atoms with Crippen molar-refractivity contribution in [3.8, 4) is 0 Å². The lowest BCUT2D eigenvalue weighted by Gasteiger charge is -2.02. The Labute approximate surface area is 83.7 Å². The summed E-state index contributed by atoms with van der Waals surface area (Å²) in [6.45, 7) is -0.0661. The number of carbonyl (C=O) groups excluding carboxylic acids is 1. The molecule has 0 saturated carbocycles. The van der Waals surface area contributed by atoms with Crippen LogP contribution >= 0.6 is 0 Å². The van der Waals surface area contributed by atoms with E-state index in [9.17, 15) is 14.4 Å². The quantitative estimate of drug-likeness (QED) is 0.421. The molecule has 15 heavy (non-hydrogen) atoms. The molecule has 0 atom stereocenters. The van der Waals surface area contributed by atoms with Gasteiger partial charge in [0.1, 0.15) is 5.69 Å². The van der Waals surface area contributed by atoms with Crippen LogP contribution in [0.2, 0.25) is 0 Å². The fraction of sp³-hybridized carbons (Fsp3) is 0.375. The molecule has 0 radical (unpaired) electrons. The van der Waals surface area contributed by atoms with E-state index >= 15 is 0 Å². The number of aromatic amines is 2. The smallest absolute Gasteiger partial charge is 0.355 e. The molecule has 0 unspecified atom stereocenters. The van der Waals surface area contributed by atoms with Crippen molar-refractivity contribution in [2.45, 2.75) is 6.42 Å². The zero-order chi connectivity index (χ0) is 11.3. The Morgan fingerprint density at radius 2 is 2.13 bits per heavy atom. The normalized spacial score (nSPS) is 9.93. The fourth-order valence-electron chi connectivity index (χ4n) is 0.886. The van der Waals surface area contributed by atoms with Crippen LogP contribution in [0.25, 0.3) is 0 Å². The molecule has 0 saturated heterocycles. The largest absolute Gasteiger partial charge is 0.461 e. The zero-order valence-electron chi connectivity index (χ0n) is 7.78. The molecule has 1 heterocycles. The van der Waals surface area contributed by atoms with Gasteiger partial charge in [-0.15, -0.1) is 0 Å². The van der Waals surface area contributed by atoms with E-state index < -0.39 is 17.2 Å². The maximum absolute atomic E-state index is 11.2. The number of aliphatic hydroxyl groups is 1. The maximum Gasteiger partial charge on any atom is 0.355 e. The Kier molecular flexibility index (Phi) is 3.81. The molecule has 82 valence electrons. The van der Waals surface area contributed by atoms with Gasteiger partial charge >= 0.3 is 11.7 Å². The van der Waals surface area contributed by atoms with E-state index in [0.29, 0.717) is 6.42 Å². The van der Waals surface area contributed by atoms with Crippen molar-refractivity contribution in [3.05, 3.63) is 32.6 Å². The summed E-state index contributed by atoms with van der Waals surface area (Å²) in [6, 6.07) is 0.933. The molecule has 0 amide bonds. The van der Waals surface area contributed by atoms with Crippen LogP contribution in [-0.2, 0) is 4.74 Å². The van der Waals surface area contributed by atoms with Crippen LogP contribution in [0.15, 0.2) is 15.7 Å². The van der Waals surface area contributed by atoms with E-state index in [1.165, 1.54) is 0 Å². The Morgan fingerprint density at radius 1 is 1.40 bits per heavy atom. The Bertz CT molecular complexity index is 419. The van der Waals surface area contributed by atoms with Gasteiger partial charge in [0.2, 0.25) is 0 Å². The molecular formula is C8H10N2O5. The van der Waals surface area contributed by atoms with E-state index in [0.717, 1.165) is 6.07 Å². The number of hydrogen-bond acceptors (Lipinski definition) is 5. The number of esters is 1. The molecule has 1 rings (SSSR count). The summed E-state index contributed by atoms with van der Waals surface area (Å²) < 4.78 is 4.66. The van der Waals surface area contributed by atoms with Crippen LogP contribution < -0.4 is 11.2 Å². The van der Waals surface area contributed by atoms with Gasteiger partial charge in [0.05, 0.1) is 6.61 Å². The Morgan fingerprint density at radius 3 is 2.73 bits per heavy atom. The number of H-pyrrole nitrogens is 2. The highest BCUT2D eigenvalue weighted by atomic mass is 16.5. The number of carbonyl (C=O) groups is 1. The summed E-state index contributed by atoms with van der Waals surface area (Å²) in [7, 11) is 0. The van der Waals surface area contributed by atoms with Gasteiger partial charge in [0.15, 0.2) is 0 Å². The van der Waals surface area contributed by atoms with Gasteiger partial charge in [-0.1, -0.05) is 0 Å². The highest BCUT2D eigenvalue weighted by Crippen LogP contribution is 1.92. The minimum atomic E-state index is -0.799. The number of nitrogens with one attached hydrogen (secondary N) is 2. The lowest BCUT2D eigenvalue weighted by atomic mass is 10.4. The molecule has 0 fully saturated rings. The molecule has 0 aromatic carbocycles. The summed E-state index contributed by atoms with van der Waals surface area (Å²) in [5, 5.41) is 8.43. The van der Waals surface area contributed by atoms with Crippen LogP contribution in [0, 0.1) is 0 Å². The Hall–Kier alpha value is -1.89. The molecule has 3 N–H and O–H groups in total. The number of hydrogen-bond donors (Lipinski definition) is 3. The van der Waals surface area contributed by atoms with E-state index in [4.69, 9.17) is 5.11 Å². The second-order valence-electron chi connectivity index (χ2n) is 2.71. The second kappa shape index (κ2) is 5.11. The third kappa shape index (κ3) is 3.39. The molecule has 0 aliphatic heterocycles. The first kappa shape index (κ1) is 11.2. The minimum Gasteiger partial charge on any atom is -0.461 e. The Balaban J connectivity index is 2.74. The lowest BCUT2D eigenvalue weighted by Crippen LogP contribution is -2.25. The van der Waals surface area contributed by atoms with Crippen molar-refractivity contribution in [3.63, 3.8) is 0 Å².